The van der Waals surface area contributed by atoms with Gasteiger partial charge in [-0.25, -0.2) is 0 Å². The molecule has 0 spiro atoms. The highest BCUT2D eigenvalue weighted by Gasteiger charge is 2.24. The van der Waals surface area contributed by atoms with Crippen LogP contribution in [0.4, 0.5) is 5.69 Å². The molecule has 1 N–H and O–H groups in total. The van der Waals surface area contributed by atoms with Gasteiger partial charge in [-0.2, -0.15) is 0 Å². The van der Waals surface area contributed by atoms with E-state index in [-0.39, 0.29) is 0 Å². The number of anilines is 1. The fourth-order valence-electron chi connectivity index (χ4n) is 2.62. The monoisotopic (exact) mass is 404 g/mol. The van der Waals surface area contributed by atoms with Crippen molar-refractivity contribution in [3.05, 3.63) is 21.1 Å². The first-order valence-electron chi connectivity index (χ1n) is 7.14. The third kappa shape index (κ3) is 3.89. The van der Waals surface area contributed by atoms with Crippen molar-refractivity contribution in [2.75, 3.05) is 38.2 Å². The Hall–Kier alpha value is -0.260. The third-order valence-electron chi connectivity index (χ3n) is 3.71. The van der Waals surface area contributed by atoms with Gasteiger partial charge in [-0.05, 0) is 69.8 Å². The maximum absolute atomic E-state index is 5.40. The molecular weight excluding hydrogens is 384 g/mol. The highest BCUT2D eigenvalue weighted by atomic mass is 79.9. The first-order chi connectivity index (χ1) is 9.65. The number of ether oxygens (including phenoxy) is 1. The number of halogens is 2. The molecule has 1 saturated heterocycles. The molecule has 0 bridgehead atoms. The number of nitrogens with zero attached hydrogens (tertiary/aromatic N) is 1. The van der Waals surface area contributed by atoms with Crippen LogP contribution in [0.1, 0.15) is 19.8 Å². The van der Waals surface area contributed by atoms with Crippen LogP contribution in [-0.4, -0.2) is 33.3 Å². The molecular formula is C15H22Br2N2O. The summed E-state index contributed by atoms with van der Waals surface area (Å²) in [4.78, 5) is 2.44. The Bertz CT molecular complexity index is 454. The number of benzene rings is 1. The Balaban J connectivity index is 2.02. The smallest absolute Gasteiger partial charge is 0.135 e. The summed E-state index contributed by atoms with van der Waals surface area (Å²) in [5.74, 6) is 1.62. The third-order valence-corrected chi connectivity index (χ3v) is 4.96. The van der Waals surface area contributed by atoms with Crippen LogP contribution in [0.2, 0.25) is 0 Å². The second-order valence-electron chi connectivity index (χ2n) is 5.24. The lowest BCUT2D eigenvalue weighted by molar-refractivity contribution is 0.412. The van der Waals surface area contributed by atoms with Gasteiger partial charge in [0.2, 0.25) is 0 Å². The summed E-state index contributed by atoms with van der Waals surface area (Å²) in [6.45, 7) is 6.67. The minimum Gasteiger partial charge on any atom is -0.495 e. The first-order valence-corrected chi connectivity index (χ1v) is 8.73. The molecule has 2 rings (SSSR count). The molecule has 1 aromatic carbocycles. The van der Waals surface area contributed by atoms with Crippen LogP contribution in [0, 0.1) is 5.92 Å². The second kappa shape index (κ2) is 7.66. The van der Waals surface area contributed by atoms with E-state index in [0.717, 1.165) is 46.8 Å². The van der Waals surface area contributed by atoms with Crippen LogP contribution in [-0.2, 0) is 0 Å². The van der Waals surface area contributed by atoms with Crippen molar-refractivity contribution in [1.82, 2.24) is 5.32 Å². The SMILES string of the molecule is CCCNCC1CCN(c2cc(OC)c(Br)cc2Br)C1. The van der Waals surface area contributed by atoms with Gasteiger partial charge >= 0.3 is 0 Å². The Labute approximate surface area is 138 Å². The average Bonchev–Trinajstić information content (AvgIpc) is 2.88. The Morgan fingerprint density at radius 1 is 1.35 bits per heavy atom. The van der Waals surface area contributed by atoms with Gasteiger partial charge in [0.15, 0.2) is 0 Å². The normalized spacial score (nSPS) is 18.6. The summed E-state index contributed by atoms with van der Waals surface area (Å²) in [5.41, 5.74) is 1.23. The molecule has 1 aliphatic heterocycles. The van der Waals surface area contributed by atoms with Crippen LogP contribution in [0.5, 0.6) is 5.75 Å². The number of methoxy groups -OCH3 is 1. The highest BCUT2D eigenvalue weighted by Crippen LogP contribution is 2.38. The molecule has 0 radical (unpaired) electrons. The van der Waals surface area contributed by atoms with Crippen molar-refractivity contribution < 1.29 is 4.74 Å². The van der Waals surface area contributed by atoms with Crippen LogP contribution in [0.25, 0.3) is 0 Å². The van der Waals surface area contributed by atoms with Crippen molar-refractivity contribution in [2.24, 2.45) is 5.92 Å². The highest BCUT2D eigenvalue weighted by molar-refractivity contribution is 9.11. The molecule has 0 aliphatic carbocycles. The second-order valence-corrected chi connectivity index (χ2v) is 6.95. The van der Waals surface area contributed by atoms with Crippen LogP contribution >= 0.6 is 31.9 Å². The molecule has 5 heteroatoms. The van der Waals surface area contributed by atoms with Crippen molar-refractivity contribution in [1.29, 1.82) is 0 Å². The van der Waals surface area contributed by atoms with E-state index in [4.69, 9.17) is 4.74 Å². The lowest BCUT2D eigenvalue weighted by atomic mass is 10.1. The van der Waals surface area contributed by atoms with Crippen molar-refractivity contribution in [3.8, 4) is 5.75 Å². The van der Waals surface area contributed by atoms with Crippen LogP contribution < -0.4 is 15.0 Å². The lowest BCUT2D eigenvalue weighted by Crippen LogP contribution is -2.27. The first kappa shape index (κ1) is 16.1. The Morgan fingerprint density at radius 3 is 2.85 bits per heavy atom. The molecule has 1 unspecified atom stereocenters. The van der Waals surface area contributed by atoms with Gasteiger partial charge in [-0.1, -0.05) is 6.92 Å². The maximum Gasteiger partial charge on any atom is 0.135 e. The molecule has 112 valence electrons. The summed E-state index contributed by atoms with van der Waals surface area (Å²) in [7, 11) is 1.71. The van der Waals surface area contributed by atoms with E-state index >= 15 is 0 Å². The van der Waals surface area contributed by atoms with Gasteiger partial charge in [-0.3, -0.25) is 0 Å². The number of rotatable bonds is 6. The molecule has 0 aromatic heterocycles. The zero-order valence-electron chi connectivity index (χ0n) is 12.1. The van der Waals surface area contributed by atoms with E-state index < -0.39 is 0 Å². The number of hydrogen-bond donors (Lipinski definition) is 1. The Kier molecular flexibility index (Phi) is 6.18. The fourth-order valence-corrected chi connectivity index (χ4v) is 4.02. The van der Waals surface area contributed by atoms with E-state index in [1.807, 2.05) is 0 Å². The van der Waals surface area contributed by atoms with E-state index in [0.29, 0.717) is 0 Å². The van der Waals surface area contributed by atoms with Crippen LogP contribution in [0.3, 0.4) is 0 Å². The van der Waals surface area contributed by atoms with E-state index in [1.165, 1.54) is 18.5 Å². The molecule has 3 nitrogen and oxygen atoms in total. The predicted octanol–water partition coefficient (Wildman–Crippen LogP) is 4.05. The molecule has 0 saturated carbocycles. The quantitative estimate of drug-likeness (QED) is 0.722. The van der Waals surface area contributed by atoms with Crippen LogP contribution in [0.15, 0.2) is 21.1 Å². The summed E-state index contributed by atoms with van der Waals surface area (Å²) in [6.07, 6.45) is 2.45. The van der Waals surface area contributed by atoms with Gasteiger partial charge in [0.25, 0.3) is 0 Å². The minimum atomic E-state index is 0.739. The zero-order valence-corrected chi connectivity index (χ0v) is 15.3. The van der Waals surface area contributed by atoms with Crippen molar-refractivity contribution in [3.63, 3.8) is 0 Å². The summed E-state index contributed by atoms with van der Waals surface area (Å²) in [6, 6.07) is 4.17. The van der Waals surface area contributed by atoms with Gasteiger partial charge in [0, 0.05) is 23.6 Å². The van der Waals surface area contributed by atoms with Crippen molar-refractivity contribution in [2.45, 2.75) is 19.8 Å². The molecule has 1 aliphatic rings. The molecule has 20 heavy (non-hydrogen) atoms. The zero-order chi connectivity index (χ0) is 14.5. The van der Waals surface area contributed by atoms with Gasteiger partial charge in [-0.15, -0.1) is 0 Å². The average molecular weight is 406 g/mol. The fraction of sp³-hybridized carbons (Fsp3) is 0.600. The maximum atomic E-state index is 5.40. The van der Waals surface area contributed by atoms with Gasteiger partial charge in [0.05, 0.1) is 17.3 Å². The van der Waals surface area contributed by atoms with Crippen molar-refractivity contribution >= 4 is 37.5 Å². The predicted molar refractivity (Wildman–Crippen MR) is 91.9 cm³/mol. The standard InChI is InChI=1S/C15H22Br2N2O/c1-3-5-18-9-11-4-6-19(10-11)14-8-15(20-2)13(17)7-12(14)16/h7-8,11,18H,3-6,9-10H2,1-2H3. The summed E-state index contributed by atoms with van der Waals surface area (Å²) < 4.78 is 7.50. The summed E-state index contributed by atoms with van der Waals surface area (Å²) in [5, 5.41) is 3.52. The number of hydrogen-bond acceptors (Lipinski definition) is 3. The van der Waals surface area contributed by atoms with Gasteiger partial charge in [0.1, 0.15) is 5.75 Å². The molecule has 1 aromatic rings. The molecule has 1 atom stereocenters. The topological polar surface area (TPSA) is 24.5 Å². The number of nitrogens with one attached hydrogen (secondary N) is 1. The largest absolute Gasteiger partial charge is 0.495 e. The minimum absolute atomic E-state index is 0.739. The molecule has 1 fully saturated rings. The van der Waals surface area contributed by atoms with E-state index in [9.17, 15) is 0 Å². The van der Waals surface area contributed by atoms with E-state index in [1.54, 1.807) is 7.11 Å². The van der Waals surface area contributed by atoms with E-state index in [2.05, 4.69) is 61.1 Å². The molecule has 1 heterocycles. The summed E-state index contributed by atoms with van der Waals surface area (Å²) >= 11 is 7.18. The Morgan fingerprint density at radius 2 is 2.15 bits per heavy atom. The molecule has 0 amide bonds. The lowest BCUT2D eigenvalue weighted by Gasteiger charge is -2.21. The van der Waals surface area contributed by atoms with Gasteiger partial charge < -0.3 is 15.0 Å².